The van der Waals surface area contributed by atoms with Gasteiger partial charge in [0.15, 0.2) is 0 Å². The standard InChI is InChI=1S/C16H14Cl2N2O3/c17-11-6-12(18)8-13(7-11)19-15(21)14-2-1-4-20(14)16(22)10-3-5-23-9-10/h3,5-9,14H,1-2,4H2,(H,19,21)/t14-/m0/s1. The van der Waals surface area contributed by atoms with Gasteiger partial charge in [0, 0.05) is 22.3 Å². The van der Waals surface area contributed by atoms with E-state index < -0.39 is 6.04 Å². The van der Waals surface area contributed by atoms with Gasteiger partial charge in [-0.3, -0.25) is 9.59 Å². The first-order chi connectivity index (χ1) is 11.0. The normalized spacial score (nSPS) is 17.3. The maximum Gasteiger partial charge on any atom is 0.257 e. The molecule has 0 aliphatic carbocycles. The number of halogens is 2. The summed E-state index contributed by atoms with van der Waals surface area (Å²) in [5.41, 5.74) is 0.950. The highest BCUT2D eigenvalue weighted by Crippen LogP contribution is 2.25. The van der Waals surface area contributed by atoms with Gasteiger partial charge in [0.25, 0.3) is 5.91 Å². The lowest BCUT2D eigenvalue weighted by Gasteiger charge is -2.23. The van der Waals surface area contributed by atoms with Crippen molar-refractivity contribution in [3.63, 3.8) is 0 Å². The van der Waals surface area contributed by atoms with Crippen molar-refractivity contribution in [3.8, 4) is 0 Å². The largest absolute Gasteiger partial charge is 0.472 e. The first-order valence-electron chi connectivity index (χ1n) is 7.15. The summed E-state index contributed by atoms with van der Waals surface area (Å²) in [4.78, 5) is 26.5. The fourth-order valence-electron chi connectivity index (χ4n) is 2.69. The number of likely N-dealkylation sites (tertiary alicyclic amines) is 1. The fourth-order valence-corrected chi connectivity index (χ4v) is 3.21. The van der Waals surface area contributed by atoms with Crippen LogP contribution in [-0.2, 0) is 4.79 Å². The second-order valence-electron chi connectivity index (χ2n) is 5.32. The molecule has 5 nitrogen and oxygen atoms in total. The average Bonchev–Trinajstić information content (AvgIpc) is 3.17. The van der Waals surface area contributed by atoms with Crippen LogP contribution in [0, 0.1) is 0 Å². The van der Waals surface area contributed by atoms with Gasteiger partial charge >= 0.3 is 0 Å². The third kappa shape index (κ3) is 3.51. The lowest BCUT2D eigenvalue weighted by molar-refractivity contribution is -0.119. The van der Waals surface area contributed by atoms with Gasteiger partial charge in [0.05, 0.1) is 11.8 Å². The number of carbonyl (C=O) groups is 2. The predicted octanol–water partition coefficient (Wildman–Crippen LogP) is 3.83. The van der Waals surface area contributed by atoms with Crippen LogP contribution in [0.5, 0.6) is 0 Å². The topological polar surface area (TPSA) is 62.6 Å². The summed E-state index contributed by atoms with van der Waals surface area (Å²) in [6.07, 6.45) is 4.21. The Bertz CT molecular complexity index is 711. The highest BCUT2D eigenvalue weighted by molar-refractivity contribution is 6.35. The molecule has 1 N–H and O–H groups in total. The third-order valence-electron chi connectivity index (χ3n) is 3.71. The van der Waals surface area contributed by atoms with Crippen LogP contribution in [0.25, 0.3) is 0 Å². The highest BCUT2D eigenvalue weighted by atomic mass is 35.5. The highest BCUT2D eigenvalue weighted by Gasteiger charge is 2.34. The van der Waals surface area contributed by atoms with Gasteiger partial charge < -0.3 is 14.6 Å². The van der Waals surface area contributed by atoms with Gasteiger partial charge in [-0.05, 0) is 37.1 Å². The van der Waals surface area contributed by atoms with Crippen LogP contribution in [-0.4, -0.2) is 29.3 Å². The Hall–Kier alpha value is -1.98. The van der Waals surface area contributed by atoms with Gasteiger partial charge in [0.1, 0.15) is 12.3 Å². The molecule has 2 amide bonds. The van der Waals surface area contributed by atoms with E-state index in [-0.39, 0.29) is 11.8 Å². The van der Waals surface area contributed by atoms with Crippen molar-refractivity contribution >= 4 is 40.7 Å². The summed E-state index contributed by atoms with van der Waals surface area (Å²) in [7, 11) is 0. The van der Waals surface area contributed by atoms with Gasteiger partial charge in [0.2, 0.25) is 5.91 Å². The van der Waals surface area contributed by atoms with E-state index in [1.807, 2.05) is 0 Å². The van der Waals surface area contributed by atoms with E-state index in [9.17, 15) is 9.59 Å². The van der Waals surface area contributed by atoms with Crippen molar-refractivity contribution in [3.05, 3.63) is 52.4 Å². The number of hydrogen-bond donors (Lipinski definition) is 1. The second-order valence-corrected chi connectivity index (χ2v) is 6.19. The monoisotopic (exact) mass is 352 g/mol. The number of carbonyl (C=O) groups excluding carboxylic acids is 2. The molecule has 0 bridgehead atoms. The summed E-state index contributed by atoms with van der Waals surface area (Å²) >= 11 is 11.9. The molecular weight excluding hydrogens is 339 g/mol. The lowest BCUT2D eigenvalue weighted by atomic mass is 10.2. The number of rotatable bonds is 3. The van der Waals surface area contributed by atoms with Crippen LogP contribution < -0.4 is 5.32 Å². The Morgan fingerprint density at radius 1 is 1.22 bits per heavy atom. The van der Waals surface area contributed by atoms with Crippen molar-refractivity contribution in [1.29, 1.82) is 0 Å². The minimum Gasteiger partial charge on any atom is -0.472 e. The zero-order valence-electron chi connectivity index (χ0n) is 12.1. The Kier molecular flexibility index (Phi) is 4.59. The van der Waals surface area contributed by atoms with E-state index in [0.717, 1.165) is 6.42 Å². The van der Waals surface area contributed by atoms with E-state index in [1.165, 1.54) is 12.5 Å². The number of benzene rings is 1. The molecule has 1 fully saturated rings. The van der Waals surface area contributed by atoms with Crippen molar-refractivity contribution in [2.75, 3.05) is 11.9 Å². The smallest absolute Gasteiger partial charge is 0.257 e. The zero-order valence-corrected chi connectivity index (χ0v) is 13.6. The van der Waals surface area contributed by atoms with E-state index >= 15 is 0 Å². The second kappa shape index (κ2) is 6.64. The number of anilines is 1. The molecule has 1 atom stereocenters. The average molecular weight is 353 g/mol. The Morgan fingerprint density at radius 3 is 2.61 bits per heavy atom. The first-order valence-corrected chi connectivity index (χ1v) is 7.90. The van der Waals surface area contributed by atoms with Crippen molar-refractivity contribution < 1.29 is 14.0 Å². The number of amides is 2. The van der Waals surface area contributed by atoms with Crippen LogP contribution >= 0.6 is 23.2 Å². The molecule has 2 aromatic rings. The molecule has 0 unspecified atom stereocenters. The number of furan rings is 1. The molecule has 2 heterocycles. The molecule has 7 heteroatoms. The molecule has 0 radical (unpaired) electrons. The summed E-state index contributed by atoms with van der Waals surface area (Å²) in [5.74, 6) is -0.460. The molecule has 0 saturated carbocycles. The van der Waals surface area contributed by atoms with E-state index in [0.29, 0.717) is 34.3 Å². The quantitative estimate of drug-likeness (QED) is 0.912. The Labute approximate surface area is 143 Å². The van der Waals surface area contributed by atoms with Crippen LogP contribution in [0.2, 0.25) is 10.0 Å². The molecule has 1 aliphatic heterocycles. The van der Waals surface area contributed by atoms with E-state index in [1.54, 1.807) is 29.2 Å². The molecule has 23 heavy (non-hydrogen) atoms. The van der Waals surface area contributed by atoms with Gasteiger partial charge in [-0.2, -0.15) is 0 Å². The molecule has 1 aromatic heterocycles. The Balaban J connectivity index is 1.74. The van der Waals surface area contributed by atoms with Gasteiger partial charge in [-0.15, -0.1) is 0 Å². The summed E-state index contributed by atoms with van der Waals surface area (Å²) < 4.78 is 4.94. The van der Waals surface area contributed by atoms with Crippen LogP contribution in [0.4, 0.5) is 5.69 Å². The van der Waals surface area contributed by atoms with E-state index in [4.69, 9.17) is 27.6 Å². The molecule has 1 saturated heterocycles. The Morgan fingerprint density at radius 2 is 1.96 bits per heavy atom. The fraction of sp³-hybridized carbons (Fsp3) is 0.250. The van der Waals surface area contributed by atoms with Crippen LogP contribution in [0.3, 0.4) is 0 Å². The van der Waals surface area contributed by atoms with Gasteiger partial charge in [-0.25, -0.2) is 0 Å². The first kappa shape index (κ1) is 15.9. The molecular formula is C16H14Cl2N2O3. The zero-order chi connectivity index (χ0) is 16.4. The number of hydrogen-bond acceptors (Lipinski definition) is 3. The maximum absolute atomic E-state index is 12.5. The minimum atomic E-state index is -0.518. The van der Waals surface area contributed by atoms with Crippen LogP contribution in [0.15, 0.2) is 41.2 Å². The number of nitrogens with zero attached hydrogens (tertiary/aromatic N) is 1. The molecule has 1 aromatic carbocycles. The molecule has 0 spiro atoms. The summed E-state index contributed by atoms with van der Waals surface area (Å²) in [6, 6.07) is 5.88. The maximum atomic E-state index is 12.5. The summed E-state index contributed by atoms with van der Waals surface area (Å²) in [5, 5.41) is 3.64. The summed E-state index contributed by atoms with van der Waals surface area (Å²) in [6.45, 7) is 0.540. The molecule has 3 rings (SSSR count). The number of nitrogens with one attached hydrogen (secondary N) is 1. The van der Waals surface area contributed by atoms with Crippen molar-refractivity contribution in [2.24, 2.45) is 0 Å². The van der Waals surface area contributed by atoms with Crippen molar-refractivity contribution in [1.82, 2.24) is 4.90 Å². The van der Waals surface area contributed by atoms with Crippen LogP contribution in [0.1, 0.15) is 23.2 Å². The lowest BCUT2D eigenvalue weighted by Crippen LogP contribution is -2.43. The SMILES string of the molecule is O=C(Nc1cc(Cl)cc(Cl)c1)[C@@H]1CCCN1C(=O)c1ccoc1. The van der Waals surface area contributed by atoms with E-state index in [2.05, 4.69) is 5.32 Å². The predicted molar refractivity (Wildman–Crippen MR) is 87.9 cm³/mol. The molecule has 1 aliphatic rings. The minimum absolute atomic E-state index is 0.208. The van der Waals surface area contributed by atoms with Crippen molar-refractivity contribution in [2.45, 2.75) is 18.9 Å². The third-order valence-corrected chi connectivity index (χ3v) is 4.15. The molecule has 120 valence electrons. The van der Waals surface area contributed by atoms with Gasteiger partial charge in [-0.1, -0.05) is 23.2 Å².